The molecule has 0 bridgehead atoms. The number of ether oxygens (including phenoxy) is 1. The summed E-state index contributed by atoms with van der Waals surface area (Å²) >= 11 is 1.22. The van der Waals surface area contributed by atoms with Crippen molar-refractivity contribution in [2.45, 2.75) is 26.4 Å². The van der Waals surface area contributed by atoms with E-state index in [9.17, 15) is 14.7 Å². The predicted molar refractivity (Wildman–Crippen MR) is 99.9 cm³/mol. The Morgan fingerprint density at radius 2 is 1.92 bits per heavy atom. The molecule has 0 saturated heterocycles. The second-order valence-corrected chi connectivity index (χ2v) is 7.39. The van der Waals surface area contributed by atoms with Gasteiger partial charge in [-0.1, -0.05) is 30.3 Å². The van der Waals surface area contributed by atoms with Gasteiger partial charge in [0.2, 0.25) is 0 Å². The van der Waals surface area contributed by atoms with Crippen molar-refractivity contribution >= 4 is 28.3 Å². The molecule has 0 saturated carbocycles. The summed E-state index contributed by atoms with van der Waals surface area (Å²) in [7, 11) is 0. The van der Waals surface area contributed by atoms with E-state index in [0.29, 0.717) is 5.00 Å². The Hall–Kier alpha value is -3.11. The van der Waals surface area contributed by atoms with Crippen LogP contribution in [0.4, 0.5) is 5.00 Å². The molecule has 6 nitrogen and oxygen atoms in total. The van der Waals surface area contributed by atoms with Crippen LogP contribution in [0.25, 0.3) is 10.4 Å². The second kappa shape index (κ2) is 7.85. The van der Waals surface area contributed by atoms with Crippen LogP contribution in [0.1, 0.15) is 31.1 Å². The first-order chi connectivity index (χ1) is 12.2. The molecule has 0 amide bonds. The first-order valence-electron chi connectivity index (χ1n) is 7.74. The highest BCUT2D eigenvalue weighted by Gasteiger charge is 2.21. The summed E-state index contributed by atoms with van der Waals surface area (Å²) in [5.74, 6) is -1.88. The fourth-order valence-corrected chi connectivity index (χ4v) is 3.03. The number of carbonyl (C=O) groups excluding carboxylic acids is 1. The molecule has 0 radical (unpaired) electrons. The van der Waals surface area contributed by atoms with Crippen molar-refractivity contribution < 1.29 is 19.4 Å². The number of hydrogen-bond acceptors (Lipinski definition) is 6. The van der Waals surface area contributed by atoms with Crippen LogP contribution < -0.4 is 5.32 Å². The van der Waals surface area contributed by atoms with Crippen molar-refractivity contribution in [2.24, 2.45) is 0 Å². The van der Waals surface area contributed by atoms with Crippen LogP contribution in [0.2, 0.25) is 0 Å². The lowest BCUT2D eigenvalue weighted by molar-refractivity contribution is -0.149. The fraction of sp³-hybridized carbons (Fsp3) is 0.211. The molecule has 1 heterocycles. The molecule has 0 unspecified atom stereocenters. The van der Waals surface area contributed by atoms with Crippen molar-refractivity contribution in [1.82, 2.24) is 0 Å². The molecule has 134 valence electrons. The van der Waals surface area contributed by atoms with Gasteiger partial charge in [-0.05, 0) is 32.4 Å². The van der Waals surface area contributed by atoms with E-state index >= 15 is 0 Å². The highest BCUT2D eigenvalue weighted by molar-refractivity contribution is 7.19. The van der Waals surface area contributed by atoms with Crippen LogP contribution in [0.3, 0.4) is 0 Å². The molecule has 0 aliphatic heterocycles. The van der Waals surface area contributed by atoms with Crippen LogP contribution >= 0.6 is 11.3 Å². The Morgan fingerprint density at radius 1 is 1.27 bits per heavy atom. The zero-order valence-electron chi connectivity index (χ0n) is 14.6. The number of aromatic carboxylic acids is 1. The highest BCUT2D eigenvalue weighted by atomic mass is 32.1. The molecule has 0 aliphatic carbocycles. The van der Waals surface area contributed by atoms with E-state index in [1.165, 1.54) is 17.5 Å². The van der Waals surface area contributed by atoms with E-state index in [0.717, 1.165) is 10.4 Å². The third-order valence-electron chi connectivity index (χ3n) is 3.11. The lowest BCUT2D eigenvalue weighted by Crippen LogP contribution is -2.24. The Labute approximate surface area is 155 Å². The SMILES string of the molecule is CC(C)(C)OC(=O)C(C#N)=CNc1sc(-c2ccccc2)cc1C(=O)O. The molecule has 1 aromatic carbocycles. The first-order valence-corrected chi connectivity index (χ1v) is 8.55. The largest absolute Gasteiger partial charge is 0.478 e. The van der Waals surface area contributed by atoms with Gasteiger partial charge in [0, 0.05) is 11.1 Å². The zero-order valence-corrected chi connectivity index (χ0v) is 15.4. The highest BCUT2D eigenvalue weighted by Crippen LogP contribution is 2.35. The lowest BCUT2D eigenvalue weighted by Gasteiger charge is -2.18. The van der Waals surface area contributed by atoms with Gasteiger partial charge < -0.3 is 15.2 Å². The van der Waals surface area contributed by atoms with E-state index in [2.05, 4.69) is 5.32 Å². The summed E-state index contributed by atoms with van der Waals surface area (Å²) in [4.78, 5) is 24.2. The number of esters is 1. The summed E-state index contributed by atoms with van der Waals surface area (Å²) in [5.41, 5.74) is -0.0370. The third kappa shape index (κ3) is 4.94. The predicted octanol–water partition coefficient (Wildman–Crippen LogP) is 4.27. The normalized spacial score (nSPS) is 11.5. The van der Waals surface area contributed by atoms with E-state index in [-0.39, 0.29) is 11.1 Å². The smallest absolute Gasteiger partial charge is 0.350 e. The van der Waals surface area contributed by atoms with Gasteiger partial charge >= 0.3 is 11.9 Å². The Morgan fingerprint density at radius 3 is 2.46 bits per heavy atom. The number of carboxylic acids is 1. The number of benzene rings is 1. The number of carbonyl (C=O) groups is 2. The maximum absolute atomic E-state index is 12.0. The van der Waals surface area contributed by atoms with E-state index in [1.807, 2.05) is 30.3 Å². The van der Waals surface area contributed by atoms with E-state index in [4.69, 9.17) is 10.00 Å². The molecular formula is C19H18N2O4S. The van der Waals surface area contributed by atoms with Gasteiger partial charge in [-0.3, -0.25) is 0 Å². The van der Waals surface area contributed by atoms with Crippen molar-refractivity contribution in [3.8, 4) is 16.5 Å². The van der Waals surface area contributed by atoms with Gasteiger partial charge in [0.05, 0.1) is 5.56 Å². The summed E-state index contributed by atoms with van der Waals surface area (Å²) in [6.07, 6.45) is 1.17. The van der Waals surface area contributed by atoms with Gasteiger partial charge in [0.25, 0.3) is 0 Å². The molecule has 0 spiro atoms. The summed E-state index contributed by atoms with van der Waals surface area (Å²) in [6.45, 7) is 5.09. The fourth-order valence-electron chi connectivity index (χ4n) is 2.01. The van der Waals surface area contributed by atoms with Gasteiger partial charge in [-0.2, -0.15) is 5.26 Å². The van der Waals surface area contributed by atoms with Crippen molar-refractivity contribution in [1.29, 1.82) is 5.26 Å². The molecule has 26 heavy (non-hydrogen) atoms. The van der Waals surface area contributed by atoms with Crippen molar-refractivity contribution in [3.63, 3.8) is 0 Å². The van der Waals surface area contributed by atoms with Crippen molar-refractivity contribution in [2.75, 3.05) is 5.32 Å². The monoisotopic (exact) mass is 370 g/mol. The maximum atomic E-state index is 12.0. The van der Waals surface area contributed by atoms with Gasteiger partial charge in [-0.15, -0.1) is 11.3 Å². The third-order valence-corrected chi connectivity index (χ3v) is 4.22. The van der Waals surface area contributed by atoms with Gasteiger partial charge in [-0.25, -0.2) is 9.59 Å². The minimum Gasteiger partial charge on any atom is -0.478 e. The molecule has 1 aromatic heterocycles. The quantitative estimate of drug-likeness (QED) is 0.463. The van der Waals surface area contributed by atoms with E-state index < -0.39 is 17.5 Å². The Bertz CT molecular complexity index is 886. The number of thiophene rings is 1. The second-order valence-electron chi connectivity index (χ2n) is 6.34. The van der Waals surface area contributed by atoms with E-state index in [1.54, 1.807) is 32.9 Å². The van der Waals surface area contributed by atoms with Gasteiger partial charge in [0.15, 0.2) is 5.57 Å². The van der Waals surface area contributed by atoms with Crippen LogP contribution in [0.15, 0.2) is 48.2 Å². The number of nitriles is 1. The number of nitrogens with one attached hydrogen (secondary N) is 1. The average molecular weight is 370 g/mol. The lowest BCUT2D eigenvalue weighted by atomic mass is 10.1. The minimum absolute atomic E-state index is 0.0616. The molecule has 2 N–H and O–H groups in total. The maximum Gasteiger partial charge on any atom is 0.350 e. The van der Waals surface area contributed by atoms with Crippen LogP contribution in [0.5, 0.6) is 0 Å². The molecule has 0 atom stereocenters. The molecule has 2 aromatic rings. The number of nitrogens with zero attached hydrogens (tertiary/aromatic N) is 1. The number of anilines is 1. The summed E-state index contributed by atoms with van der Waals surface area (Å²) in [6, 6.07) is 12.7. The number of hydrogen-bond donors (Lipinski definition) is 2. The van der Waals surface area contributed by atoms with Crippen molar-refractivity contribution in [3.05, 3.63) is 53.7 Å². The number of rotatable bonds is 5. The molecule has 2 rings (SSSR count). The Balaban J connectivity index is 2.30. The Kier molecular flexibility index (Phi) is 5.80. The van der Waals surface area contributed by atoms with Crippen LogP contribution in [-0.2, 0) is 9.53 Å². The first kappa shape index (κ1) is 19.2. The standard InChI is InChI=1S/C19H18N2O4S/c1-19(2,3)25-18(24)13(10-20)11-21-16-14(17(22)23)9-15(26-16)12-7-5-4-6-8-12/h4-9,11,21H,1-3H3,(H,22,23). The minimum atomic E-state index is -1.10. The van der Waals surface area contributed by atoms with Crippen LogP contribution in [0, 0.1) is 11.3 Å². The zero-order chi connectivity index (χ0) is 19.3. The summed E-state index contributed by atoms with van der Waals surface area (Å²) < 4.78 is 5.15. The van der Waals surface area contributed by atoms with Gasteiger partial charge in [0.1, 0.15) is 16.7 Å². The molecular weight excluding hydrogens is 352 g/mol. The molecule has 0 fully saturated rings. The molecule has 0 aliphatic rings. The topological polar surface area (TPSA) is 99.4 Å². The van der Waals surface area contributed by atoms with Crippen LogP contribution in [-0.4, -0.2) is 22.6 Å². The average Bonchev–Trinajstić information content (AvgIpc) is 2.99. The molecule has 7 heteroatoms. The summed E-state index contributed by atoms with van der Waals surface area (Å²) in [5, 5.41) is 21.6. The number of carboxylic acid groups (broad SMARTS) is 1.